The summed E-state index contributed by atoms with van der Waals surface area (Å²) in [6.07, 6.45) is 4.91. The SMILES string of the molecule is COc1cc(CN=C(N)N2CCCCCC2)cc(OC)c1OC.I. The van der Waals surface area contributed by atoms with Crippen LogP contribution < -0.4 is 19.9 Å². The highest BCUT2D eigenvalue weighted by atomic mass is 127. The molecule has 1 aromatic rings. The van der Waals surface area contributed by atoms with Crippen molar-refractivity contribution in [1.29, 1.82) is 0 Å². The number of hydrogen-bond donors (Lipinski definition) is 1. The van der Waals surface area contributed by atoms with E-state index in [0.717, 1.165) is 18.7 Å². The third kappa shape index (κ3) is 5.32. The fourth-order valence-electron chi connectivity index (χ4n) is 2.80. The molecule has 1 heterocycles. The second kappa shape index (κ2) is 10.5. The monoisotopic (exact) mass is 449 g/mol. The molecule has 0 saturated carbocycles. The Kier molecular flexibility index (Phi) is 9.02. The molecule has 0 aliphatic carbocycles. The van der Waals surface area contributed by atoms with Gasteiger partial charge >= 0.3 is 0 Å². The van der Waals surface area contributed by atoms with Gasteiger partial charge in [0, 0.05) is 13.1 Å². The lowest BCUT2D eigenvalue weighted by atomic mass is 10.2. The van der Waals surface area contributed by atoms with Gasteiger partial charge in [0.15, 0.2) is 17.5 Å². The number of benzene rings is 1. The lowest BCUT2D eigenvalue weighted by molar-refractivity contribution is 0.324. The molecule has 1 aliphatic rings. The molecule has 136 valence electrons. The van der Waals surface area contributed by atoms with Crippen LogP contribution >= 0.6 is 24.0 Å². The molecule has 2 N–H and O–H groups in total. The third-order valence-electron chi connectivity index (χ3n) is 4.08. The fourth-order valence-corrected chi connectivity index (χ4v) is 2.80. The second-order valence-electron chi connectivity index (χ2n) is 5.61. The zero-order valence-corrected chi connectivity index (χ0v) is 17.0. The van der Waals surface area contributed by atoms with Crippen molar-refractivity contribution < 1.29 is 14.2 Å². The maximum atomic E-state index is 6.15. The number of halogens is 1. The Morgan fingerprint density at radius 3 is 2.00 bits per heavy atom. The molecule has 0 spiro atoms. The lowest BCUT2D eigenvalue weighted by Crippen LogP contribution is -2.38. The molecule has 0 amide bonds. The summed E-state index contributed by atoms with van der Waals surface area (Å²) in [5.41, 5.74) is 7.12. The second-order valence-corrected chi connectivity index (χ2v) is 5.61. The van der Waals surface area contributed by atoms with Crippen LogP contribution in [0.2, 0.25) is 0 Å². The maximum Gasteiger partial charge on any atom is 0.203 e. The molecule has 6 nitrogen and oxygen atoms in total. The van der Waals surface area contributed by atoms with Crippen molar-refractivity contribution in [3.63, 3.8) is 0 Å². The molecule has 7 heteroatoms. The van der Waals surface area contributed by atoms with Crippen LogP contribution in [0.4, 0.5) is 0 Å². The van der Waals surface area contributed by atoms with Crippen molar-refractivity contribution in [2.24, 2.45) is 10.7 Å². The Morgan fingerprint density at radius 2 is 1.54 bits per heavy atom. The van der Waals surface area contributed by atoms with Gasteiger partial charge in [-0.1, -0.05) is 12.8 Å². The molecule has 0 unspecified atom stereocenters. The highest BCUT2D eigenvalue weighted by Gasteiger charge is 2.14. The number of nitrogens with zero attached hydrogens (tertiary/aromatic N) is 2. The first-order valence-electron chi connectivity index (χ1n) is 8.03. The van der Waals surface area contributed by atoms with E-state index in [1.807, 2.05) is 12.1 Å². The van der Waals surface area contributed by atoms with E-state index in [1.54, 1.807) is 21.3 Å². The Labute approximate surface area is 161 Å². The van der Waals surface area contributed by atoms with E-state index >= 15 is 0 Å². The summed E-state index contributed by atoms with van der Waals surface area (Å²) >= 11 is 0. The van der Waals surface area contributed by atoms with Gasteiger partial charge in [0.2, 0.25) is 5.75 Å². The van der Waals surface area contributed by atoms with Crippen molar-refractivity contribution >= 4 is 29.9 Å². The molecule has 0 atom stereocenters. The highest BCUT2D eigenvalue weighted by Crippen LogP contribution is 2.38. The highest BCUT2D eigenvalue weighted by molar-refractivity contribution is 14.0. The Balaban J connectivity index is 0.00000288. The van der Waals surface area contributed by atoms with Crippen LogP contribution in [0.1, 0.15) is 31.2 Å². The lowest BCUT2D eigenvalue weighted by Gasteiger charge is -2.21. The van der Waals surface area contributed by atoms with Gasteiger partial charge in [-0.25, -0.2) is 4.99 Å². The summed E-state index contributed by atoms with van der Waals surface area (Å²) in [4.78, 5) is 6.71. The van der Waals surface area contributed by atoms with Gasteiger partial charge in [-0.15, -0.1) is 24.0 Å². The van der Waals surface area contributed by atoms with Gasteiger partial charge < -0.3 is 24.8 Å². The van der Waals surface area contributed by atoms with Crippen LogP contribution in [-0.4, -0.2) is 45.3 Å². The van der Waals surface area contributed by atoms with E-state index < -0.39 is 0 Å². The maximum absolute atomic E-state index is 6.15. The summed E-state index contributed by atoms with van der Waals surface area (Å²) in [7, 11) is 4.81. The van der Waals surface area contributed by atoms with Crippen LogP contribution in [0, 0.1) is 0 Å². The number of guanidine groups is 1. The average molecular weight is 449 g/mol. The van der Waals surface area contributed by atoms with Crippen molar-refractivity contribution in [3.05, 3.63) is 17.7 Å². The van der Waals surface area contributed by atoms with Gasteiger partial charge in [0.05, 0.1) is 27.9 Å². The first-order valence-corrected chi connectivity index (χ1v) is 8.03. The molecule has 0 aromatic heterocycles. The summed E-state index contributed by atoms with van der Waals surface area (Å²) in [5.74, 6) is 2.46. The summed E-state index contributed by atoms with van der Waals surface area (Å²) in [6.45, 7) is 2.47. The first kappa shape index (κ1) is 20.7. The molecule has 1 fully saturated rings. The molecular weight excluding hydrogens is 421 g/mol. The van der Waals surface area contributed by atoms with Gasteiger partial charge in [0.25, 0.3) is 0 Å². The molecule has 1 saturated heterocycles. The van der Waals surface area contributed by atoms with Crippen LogP contribution in [0.5, 0.6) is 17.2 Å². The minimum Gasteiger partial charge on any atom is -0.493 e. The Hall–Kier alpha value is -1.38. The van der Waals surface area contributed by atoms with Crippen LogP contribution in [0.3, 0.4) is 0 Å². The molecule has 0 bridgehead atoms. The summed E-state index contributed by atoms with van der Waals surface area (Å²) in [5, 5.41) is 0. The minimum absolute atomic E-state index is 0. The zero-order valence-electron chi connectivity index (χ0n) is 14.7. The quantitative estimate of drug-likeness (QED) is 0.425. The molecule has 0 radical (unpaired) electrons. The van der Waals surface area contributed by atoms with Crippen molar-refractivity contribution in [3.8, 4) is 17.2 Å². The molecule has 24 heavy (non-hydrogen) atoms. The van der Waals surface area contributed by atoms with E-state index in [1.165, 1.54) is 25.7 Å². The average Bonchev–Trinajstić information content (AvgIpc) is 2.87. The molecule has 2 rings (SSSR count). The van der Waals surface area contributed by atoms with Crippen molar-refractivity contribution in [2.75, 3.05) is 34.4 Å². The molecular formula is C17H28IN3O3. The number of likely N-dealkylation sites (tertiary alicyclic amines) is 1. The minimum atomic E-state index is 0. The molecule has 1 aromatic carbocycles. The Bertz CT molecular complexity index is 519. The summed E-state index contributed by atoms with van der Waals surface area (Å²) < 4.78 is 16.1. The molecule has 1 aliphatic heterocycles. The van der Waals surface area contributed by atoms with Gasteiger partial charge in [-0.05, 0) is 30.5 Å². The van der Waals surface area contributed by atoms with Crippen molar-refractivity contribution in [2.45, 2.75) is 32.2 Å². The smallest absolute Gasteiger partial charge is 0.203 e. The fraction of sp³-hybridized carbons (Fsp3) is 0.588. The van der Waals surface area contributed by atoms with E-state index in [0.29, 0.717) is 29.8 Å². The largest absolute Gasteiger partial charge is 0.493 e. The zero-order chi connectivity index (χ0) is 16.7. The standard InChI is InChI=1S/C17H27N3O3.HI/c1-21-14-10-13(11-15(22-2)16(14)23-3)12-19-17(18)20-8-6-4-5-7-9-20;/h10-11H,4-9,12H2,1-3H3,(H2,18,19);1H. The van der Waals surface area contributed by atoms with Crippen molar-refractivity contribution in [1.82, 2.24) is 4.90 Å². The van der Waals surface area contributed by atoms with E-state index in [-0.39, 0.29) is 24.0 Å². The first-order chi connectivity index (χ1) is 11.2. The van der Waals surface area contributed by atoms with Crippen LogP contribution in [0.15, 0.2) is 17.1 Å². The number of aliphatic imine (C=N–C) groups is 1. The number of hydrogen-bond acceptors (Lipinski definition) is 4. The topological polar surface area (TPSA) is 69.3 Å². The number of methoxy groups -OCH3 is 3. The van der Waals surface area contributed by atoms with E-state index in [4.69, 9.17) is 19.9 Å². The number of nitrogens with two attached hydrogens (primary N) is 1. The normalized spacial score (nSPS) is 15.3. The summed E-state index contributed by atoms with van der Waals surface area (Å²) in [6, 6.07) is 3.81. The Morgan fingerprint density at radius 1 is 1.00 bits per heavy atom. The van der Waals surface area contributed by atoms with Gasteiger partial charge in [0.1, 0.15) is 0 Å². The predicted molar refractivity (Wildman–Crippen MR) is 107 cm³/mol. The third-order valence-corrected chi connectivity index (χ3v) is 4.08. The van der Waals surface area contributed by atoms with Gasteiger partial charge in [-0.2, -0.15) is 0 Å². The van der Waals surface area contributed by atoms with Crippen LogP contribution in [-0.2, 0) is 6.54 Å². The van der Waals surface area contributed by atoms with Crippen LogP contribution in [0.25, 0.3) is 0 Å². The number of ether oxygens (including phenoxy) is 3. The predicted octanol–water partition coefficient (Wildman–Crippen LogP) is 3.02. The van der Waals surface area contributed by atoms with E-state index in [2.05, 4.69) is 9.89 Å². The van der Waals surface area contributed by atoms with E-state index in [9.17, 15) is 0 Å². The van der Waals surface area contributed by atoms with Gasteiger partial charge in [-0.3, -0.25) is 0 Å². The number of rotatable bonds is 5.